The molecule has 114 valence electrons. The van der Waals surface area contributed by atoms with Crippen LogP contribution in [0.4, 0.5) is 5.69 Å². The fourth-order valence-corrected chi connectivity index (χ4v) is 3.37. The van der Waals surface area contributed by atoms with Crippen molar-refractivity contribution in [2.45, 2.75) is 10.9 Å². The molecule has 21 heavy (non-hydrogen) atoms. The molecule has 0 aliphatic heterocycles. The molecule has 0 aliphatic rings. The molecule has 0 fully saturated rings. The van der Waals surface area contributed by atoms with Gasteiger partial charge in [-0.1, -0.05) is 0 Å². The molecule has 0 saturated heterocycles. The van der Waals surface area contributed by atoms with Gasteiger partial charge in [0.1, 0.15) is 4.90 Å². The zero-order chi connectivity index (χ0) is 15.5. The summed E-state index contributed by atoms with van der Waals surface area (Å²) in [6.45, 7) is -0.302. The van der Waals surface area contributed by atoms with Gasteiger partial charge in [-0.3, -0.25) is 4.98 Å². The number of methoxy groups -OCH3 is 1. The Hall–Kier alpha value is -1.74. The number of sulfonamides is 1. The lowest BCUT2D eigenvalue weighted by atomic mass is 10.2. The smallest absolute Gasteiger partial charge is 0.243 e. The monoisotopic (exact) mass is 311 g/mol. The average Bonchev–Trinajstić information content (AvgIpc) is 2.47. The van der Waals surface area contributed by atoms with Crippen molar-refractivity contribution in [3.8, 4) is 0 Å². The van der Waals surface area contributed by atoms with E-state index in [9.17, 15) is 13.5 Å². The number of nitrogens with zero attached hydrogens (tertiary/aromatic N) is 1. The van der Waals surface area contributed by atoms with E-state index in [4.69, 9.17) is 10.5 Å². The standard InChI is InChI=1S/C13H17N3O4S/c1-20-8-9(7-17)16-21(18,19)12-5-4-11(14)10-3-2-6-15-13(10)12/h2-6,9,16-17H,7-8,14H2,1H3. The minimum atomic E-state index is -3.85. The molecule has 1 unspecified atom stereocenters. The van der Waals surface area contributed by atoms with Crippen molar-refractivity contribution in [2.75, 3.05) is 26.1 Å². The van der Waals surface area contributed by atoms with Crippen LogP contribution in [0.2, 0.25) is 0 Å². The van der Waals surface area contributed by atoms with Gasteiger partial charge in [-0.2, -0.15) is 0 Å². The first-order chi connectivity index (χ1) is 9.99. The molecule has 7 nitrogen and oxygen atoms in total. The van der Waals surface area contributed by atoms with E-state index in [2.05, 4.69) is 9.71 Å². The first-order valence-corrected chi connectivity index (χ1v) is 7.73. The highest BCUT2D eigenvalue weighted by molar-refractivity contribution is 7.89. The molecule has 0 spiro atoms. The second kappa shape index (κ2) is 6.35. The van der Waals surface area contributed by atoms with Gasteiger partial charge in [-0.15, -0.1) is 0 Å². The maximum atomic E-state index is 12.4. The Morgan fingerprint density at radius 1 is 1.43 bits per heavy atom. The number of nitrogens with two attached hydrogens (primary N) is 1. The summed E-state index contributed by atoms with van der Waals surface area (Å²) in [6.07, 6.45) is 1.50. The van der Waals surface area contributed by atoms with Crippen molar-refractivity contribution < 1.29 is 18.3 Å². The zero-order valence-electron chi connectivity index (χ0n) is 11.5. The summed E-state index contributed by atoms with van der Waals surface area (Å²) >= 11 is 0. The van der Waals surface area contributed by atoms with Crippen LogP contribution < -0.4 is 10.5 Å². The molecule has 8 heteroatoms. The van der Waals surface area contributed by atoms with Crippen LogP contribution >= 0.6 is 0 Å². The van der Waals surface area contributed by atoms with Gasteiger partial charge in [0, 0.05) is 24.4 Å². The summed E-state index contributed by atoms with van der Waals surface area (Å²) < 4.78 is 32.1. The number of aromatic nitrogens is 1. The number of nitrogen functional groups attached to an aromatic ring is 1. The van der Waals surface area contributed by atoms with Gasteiger partial charge in [0.05, 0.1) is 24.8 Å². The predicted octanol–water partition coefficient (Wildman–Crippen LogP) is 0.103. The number of aliphatic hydroxyl groups excluding tert-OH is 1. The molecule has 4 N–H and O–H groups in total. The van der Waals surface area contributed by atoms with Crippen LogP contribution in [0.25, 0.3) is 10.9 Å². The van der Waals surface area contributed by atoms with Crippen molar-refractivity contribution in [1.29, 1.82) is 0 Å². The van der Waals surface area contributed by atoms with Gasteiger partial charge < -0.3 is 15.6 Å². The molecule has 0 amide bonds. The second-order valence-electron chi connectivity index (χ2n) is 4.51. The molecule has 2 rings (SSSR count). The van der Waals surface area contributed by atoms with Gasteiger partial charge in [-0.05, 0) is 24.3 Å². The molecular weight excluding hydrogens is 294 g/mol. The van der Waals surface area contributed by atoms with Crippen LogP contribution in [0.5, 0.6) is 0 Å². The first-order valence-electron chi connectivity index (χ1n) is 6.25. The Morgan fingerprint density at radius 2 is 2.19 bits per heavy atom. The zero-order valence-corrected chi connectivity index (χ0v) is 12.3. The molecule has 1 aromatic carbocycles. The summed E-state index contributed by atoms with van der Waals surface area (Å²) in [4.78, 5) is 4.11. The molecule has 0 bridgehead atoms. The number of fused-ring (bicyclic) bond motifs is 1. The van der Waals surface area contributed by atoms with Crippen LogP contribution in [0.15, 0.2) is 35.4 Å². The fourth-order valence-electron chi connectivity index (χ4n) is 1.99. The number of pyridine rings is 1. The van der Waals surface area contributed by atoms with E-state index in [0.717, 1.165) is 0 Å². The molecule has 1 atom stereocenters. The van der Waals surface area contributed by atoms with E-state index in [1.54, 1.807) is 12.1 Å². The lowest BCUT2D eigenvalue weighted by Crippen LogP contribution is -2.40. The lowest BCUT2D eigenvalue weighted by Gasteiger charge is -2.16. The van der Waals surface area contributed by atoms with Gasteiger partial charge in [0.15, 0.2) is 0 Å². The van der Waals surface area contributed by atoms with Crippen molar-refractivity contribution in [2.24, 2.45) is 0 Å². The number of anilines is 1. The molecule has 0 aliphatic carbocycles. The summed E-state index contributed by atoms with van der Waals surface area (Å²) in [7, 11) is -2.42. The van der Waals surface area contributed by atoms with E-state index in [1.807, 2.05) is 0 Å². The maximum Gasteiger partial charge on any atom is 0.243 e. The van der Waals surface area contributed by atoms with Crippen LogP contribution in [0.3, 0.4) is 0 Å². The van der Waals surface area contributed by atoms with E-state index >= 15 is 0 Å². The Morgan fingerprint density at radius 3 is 2.86 bits per heavy atom. The van der Waals surface area contributed by atoms with Crippen LogP contribution in [-0.2, 0) is 14.8 Å². The molecule has 0 saturated carbocycles. The summed E-state index contributed by atoms with van der Waals surface area (Å²) in [5, 5.41) is 9.74. The number of rotatable bonds is 6. The molecule has 0 radical (unpaired) electrons. The number of hydrogen-bond donors (Lipinski definition) is 3. The predicted molar refractivity (Wildman–Crippen MR) is 79.2 cm³/mol. The summed E-state index contributed by atoms with van der Waals surface area (Å²) in [5.41, 5.74) is 6.57. The largest absolute Gasteiger partial charge is 0.398 e. The van der Waals surface area contributed by atoms with E-state index in [-0.39, 0.29) is 18.1 Å². The minimum absolute atomic E-state index is 0.0156. The number of ether oxygens (including phenoxy) is 1. The third-order valence-corrected chi connectivity index (χ3v) is 4.52. The number of hydrogen-bond acceptors (Lipinski definition) is 6. The summed E-state index contributed by atoms with van der Waals surface area (Å²) in [6, 6.07) is 5.58. The Kier molecular flexibility index (Phi) is 4.73. The third-order valence-electron chi connectivity index (χ3n) is 2.97. The average molecular weight is 311 g/mol. The highest BCUT2D eigenvalue weighted by atomic mass is 32.2. The summed E-state index contributed by atoms with van der Waals surface area (Å²) in [5.74, 6) is 0. The maximum absolute atomic E-state index is 12.4. The van der Waals surface area contributed by atoms with Crippen LogP contribution in [0, 0.1) is 0 Å². The highest BCUT2D eigenvalue weighted by Crippen LogP contribution is 2.25. The number of nitrogens with one attached hydrogen (secondary N) is 1. The molecule has 1 aromatic heterocycles. The van der Waals surface area contributed by atoms with E-state index in [1.165, 1.54) is 25.4 Å². The Balaban J connectivity index is 2.48. The van der Waals surface area contributed by atoms with Crippen LogP contribution in [-0.4, -0.2) is 44.9 Å². The van der Waals surface area contributed by atoms with Crippen molar-refractivity contribution in [3.63, 3.8) is 0 Å². The first kappa shape index (κ1) is 15.6. The second-order valence-corrected chi connectivity index (χ2v) is 6.19. The van der Waals surface area contributed by atoms with Crippen molar-refractivity contribution in [1.82, 2.24) is 9.71 Å². The van der Waals surface area contributed by atoms with Crippen molar-refractivity contribution >= 4 is 26.6 Å². The Labute approximate surface area is 122 Å². The normalized spacial score (nSPS) is 13.4. The fraction of sp³-hybridized carbons (Fsp3) is 0.308. The van der Waals surface area contributed by atoms with Gasteiger partial charge in [-0.25, -0.2) is 13.1 Å². The number of aliphatic hydroxyl groups is 1. The van der Waals surface area contributed by atoms with Gasteiger partial charge in [0.25, 0.3) is 0 Å². The quantitative estimate of drug-likeness (QED) is 0.652. The lowest BCUT2D eigenvalue weighted by molar-refractivity contribution is 0.139. The van der Waals surface area contributed by atoms with Crippen molar-refractivity contribution in [3.05, 3.63) is 30.5 Å². The van der Waals surface area contributed by atoms with E-state index in [0.29, 0.717) is 16.6 Å². The molecule has 2 aromatic rings. The van der Waals surface area contributed by atoms with E-state index < -0.39 is 16.1 Å². The molecule has 1 heterocycles. The van der Waals surface area contributed by atoms with Gasteiger partial charge in [0.2, 0.25) is 10.0 Å². The SMILES string of the molecule is COCC(CO)NS(=O)(=O)c1ccc(N)c2cccnc12. The topological polar surface area (TPSA) is 115 Å². The highest BCUT2D eigenvalue weighted by Gasteiger charge is 2.23. The minimum Gasteiger partial charge on any atom is -0.398 e. The molecular formula is C13H17N3O4S. The van der Waals surface area contributed by atoms with Gasteiger partial charge >= 0.3 is 0 Å². The number of benzene rings is 1. The van der Waals surface area contributed by atoms with Crippen LogP contribution in [0.1, 0.15) is 0 Å². The third kappa shape index (κ3) is 3.30. The Bertz CT molecular complexity index is 733.